The first-order chi connectivity index (χ1) is 22.9. The Morgan fingerprint density at radius 3 is 1.00 bits per heavy atom. The molecule has 10 nitrogen and oxygen atoms in total. The standard InChI is InChI=1S/C32H16N8.C5H8O2.Pr/c1-2-10-18-17(9-1)25-33-26(18)38-28-21-13-5-6-14-22(21)30(35-28)40-32-24-16-8-7-15-23(24)31(36-32)39-29-20-12-4-3-11-19(20)27(34-29)37-25;1-4(6)3-5(2)7;/h1-16H;3,6H,1-2H3;/q-2;;/b;4-3-;. The van der Waals surface area contributed by atoms with Gasteiger partial charge >= 0.3 is 0 Å². The van der Waals surface area contributed by atoms with Crippen molar-refractivity contribution in [1.82, 2.24) is 39.9 Å². The molecule has 0 fully saturated rings. The van der Waals surface area contributed by atoms with E-state index in [1.807, 2.05) is 97.1 Å². The third-order valence-corrected chi connectivity index (χ3v) is 7.74. The van der Waals surface area contributed by atoms with Crippen LogP contribution in [-0.2, 0) is 4.79 Å². The van der Waals surface area contributed by atoms with Crippen molar-refractivity contribution >= 4 is 49.9 Å². The van der Waals surface area contributed by atoms with Gasteiger partial charge in [-0.25, -0.2) is 9.97 Å². The van der Waals surface area contributed by atoms with Crippen LogP contribution in [0.4, 0.5) is 0 Å². The Hall–Kier alpha value is -5.19. The van der Waals surface area contributed by atoms with Crippen LogP contribution < -0.4 is 9.97 Å². The molecule has 0 unspecified atom stereocenters. The van der Waals surface area contributed by atoms with Gasteiger partial charge in [-0.2, -0.15) is 0 Å². The number of benzene rings is 4. The van der Waals surface area contributed by atoms with Gasteiger partial charge in [0.2, 0.25) is 0 Å². The Morgan fingerprint density at radius 1 is 0.500 bits per heavy atom. The largest absolute Gasteiger partial charge is 0.512 e. The number of carbonyl (C=O) groups excluding carboxylic acids is 1. The van der Waals surface area contributed by atoms with E-state index in [1.165, 1.54) is 19.9 Å². The number of aliphatic hydroxyl groups excluding tert-OH is 1. The molecular formula is C37H24N8O2Pr-2. The molecule has 229 valence electrons. The van der Waals surface area contributed by atoms with Gasteiger partial charge in [0, 0.05) is 92.2 Å². The average molecular weight is 754 g/mol. The van der Waals surface area contributed by atoms with Crippen molar-refractivity contribution in [3.05, 3.63) is 109 Å². The first kappa shape index (κ1) is 31.4. The minimum Gasteiger partial charge on any atom is -0.512 e. The van der Waals surface area contributed by atoms with E-state index < -0.39 is 0 Å². The Morgan fingerprint density at radius 2 is 0.771 bits per heavy atom. The molecule has 2 aliphatic heterocycles. The molecule has 2 aliphatic rings. The second kappa shape index (κ2) is 12.8. The molecule has 0 spiro atoms. The summed E-state index contributed by atoms with van der Waals surface area (Å²) in [6.45, 7) is 2.85. The molecule has 1 N–H and O–H groups in total. The summed E-state index contributed by atoms with van der Waals surface area (Å²) in [5, 5.41) is 11.9. The molecule has 0 amide bonds. The van der Waals surface area contributed by atoms with Crippen LogP contribution in [0.15, 0.2) is 109 Å². The van der Waals surface area contributed by atoms with Gasteiger partial charge in [-0.1, -0.05) is 97.1 Å². The maximum atomic E-state index is 10.0. The van der Waals surface area contributed by atoms with Crippen molar-refractivity contribution in [2.75, 3.05) is 0 Å². The van der Waals surface area contributed by atoms with Crippen molar-refractivity contribution in [2.24, 2.45) is 0 Å². The molecule has 0 saturated heterocycles. The molecule has 11 heteroatoms. The summed E-state index contributed by atoms with van der Waals surface area (Å²) >= 11 is 0. The normalized spacial score (nSPS) is 11.7. The van der Waals surface area contributed by atoms with Gasteiger partial charge in [0.25, 0.3) is 0 Å². The molecule has 48 heavy (non-hydrogen) atoms. The minimum absolute atomic E-state index is 0. The fraction of sp³-hybridized carbons (Fsp3) is 0.0541. The third-order valence-electron chi connectivity index (χ3n) is 7.74. The Balaban J connectivity index is 0.000000415. The van der Waals surface area contributed by atoms with Crippen molar-refractivity contribution in [3.8, 4) is 45.6 Å². The van der Waals surface area contributed by atoms with E-state index in [4.69, 9.17) is 45.0 Å². The second-order valence-electron chi connectivity index (χ2n) is 11.1. The van der Waals surface area contributed by atoms with Gasteiger partial charge in [0.1, 0.15) is 0 Å². The van der Waals surface area contributed by atoms with Crippen LogP contribution in [0.5, 0.6) is 0 Å². The van der Waals surface area contributed by atoms with E-state index in [9.17, 15) is 4.79 Å². The number of fused-ring (bicyclic) bond motifs is 20. The van der Waals surface area contributed by atoms with Gasteiger partial charge < -0.3 is 35.0 Å². The summed E-state index contributed by atoms with van der Waals surface area (Å²) in [5.41, 5.74) is 5.78. The van der Waals surface area contributed by atoms with Crippen molar-refractivity contribution in [2.45, 2.75) is 13.8 Å². The number of nitrogens with zero attached hydrogens (tertiary/aromatic N) is 8. The molecule has 0 saturated carbocycles. The van der Waals surface area contributed by atoms with Gasteiger partial charge in [-0.15, -0.1) is 0 Å². The van der Waals surface area contributed by atoms with E-state index in [0.29, 0.717) is 45.9 Å². The van der Waals surface area contributed by atoms with E-state index in [1.54, 1.807) is 0 Å². The predicted molar refractivity (Wildman–Crippen MR) is 181 cm³/mol. The first-order valence-corrected chi connectivity index (χ1v) is 14.9. The number of hydrogen-bond acceptors (Lipinski definition) is 8. The first-order valence-electron chi connectivity index (χ1n) is 14.9. The monoisotopic (exact) mass is 753 g/mol. The zero-order chi connectivity index (χ0) is 32.1. The fourth-order valence-corrected chi connectivity index (χ4v) is 5.75. The minimum atomic E-state index is -0.125. The number of allylic oxidation sites excluding steroid dienone is 2. The van der Waals surface area contributed by atoms with Crippen LogP contribution in [0.3, 0.4) is 0 Å². The van der Waals surface area contributed by atoms with Crippen molar-refractivity contribution in [3.63, 3.8) is 0 Å². The molecule has 0 atom stereocenters. The summed E-state index contributed by atoms with van der Waals surface area (Å²) in [6.07, 6.45) is 1.17. The zero-order valence-electron chi connectivity index (χ0n) is 25.8. The van der Waals surface area contributed by atoms with Crippen molar-refractivity contribution in [1.29, 1.82) is 0 Å². The van der Waals surface area contributed by atoms with E-state index in [-0.39, 0.29) is 52.8 Å². The van der Waals surface area contributed by atoms with Gasteiger partial charge in [0.15, 0.2) is 5.78 Å². The van der Waals surface area contributed by atoms with E-state index in [0.717, 1.165) is 43.8 Å². The zero-order valence-corrected chi connectivity index (χ0v) is 29.5. The Bertz CT molecular complexity index is 2280. The molecule has 5 heterocycles. The number of aromatic nitrogens is 8. The molecule has 1 radical (unpaired) electrons. The molecule has 4 aromatic carbocycles. The maximum absolute atomic E-state index is 10.0. The molecular weight excluding hydrogens is 729 g/mol. The third kappa shape index (κ3) is 5.67. The van der Waals surface area contributed by atoms with E-state index in [2.05, 4.69) is 0 Å². The van der Waals surface area contributed by atoms with Crippen LogP contribution in [0.1, 0.15) is 13.8 Å². The fourth-order valence-electron chi connectivity index (χ4n) is 5.75. The summed E-state index contributed by atoms with van der Waals surface area (Å²) in [5.74, 6) is 2.15. The summed E-state index contributed by atoms with van der Waals surface area (Å²) in [4.78, 5) is 49.3. The number of carbonyl (C=O) groups is 1. The van der Waals surface area contributed by atoms with Crippen LogP contribution >= 0.6 is 0 Å². The topological polar surface area (TPSA) is 143 Å². The molecule has 7 aromatic rings. The SMILES string of the molecule is CC(=O)/C=C(/C)O.[Pr].c1ccc2c(c1)-c1nc-2nc2[n-]c(nc3nc(nc4[n-]c(n1)c1ccccc41)-c1ccccc1-3)c1ccccc21. The Kier molecular flexibility index (Phi) is 8.37. The maximum Gasteiger partial charge on any atom is 0.155 e. The van der Waals surface area contributed by atoms with Crippen LogP contribution in [-0.4, -0.2) is 40.8 Å². The van der Waals surface area contributed by atoms with E-state index >= 15 is 0 Å². The average Bonchev–Trinajstić information content (AvgIpc) is 3.80. The quantitative estimate of drug-likeness (QED) is 0.136. The molecule has 3 aromatic heterocycles. The van der Waals surface area contributed by atoms with Crippen LogP contribution in [0, 0.1) is 41.3 Å². The molecule has 8 bridgehead atoms. The number of hydrogen-bond donors (Lipinski definition) is 1. The van der Waals surface area contributed by atoms with Gasteiger partial charge in [0.05, 0.1) is 29.1 Å². The predicted octanol–water partition coefficient (Wildman–Crippen LogP) is 7.16. The Labute approximate surface area is 307 Å². The smallest absolute Gasteiger partial charge is 0.155 e. The summed E-state index contributed by atoms with van der Waals surface area (Å²) in [6, 6.07) is 31.8. The summed E-state index contributed by atoms with van der Waals surface area (Å²) < 4.78 is 0. The second-order valence-corrected chi connectivity index (χ2v) is 11.1. The molecule has 9 rings (SSSR count). The van der Waals surface area contributed by atoms with Crippen LogP contribution in [0.25, 0.3) is 89.7 Å². The van der Waals surface area contributed by atoms with Crippen molar-refractivity contribution < 1.29 is 51.2 Å². The number of aliphatic hydroxyl groups is 1. The molecule has 0 aliphatic carbocycles. The number of rotatable bonds is 1. The van der Waals surface area contributed by atoms with Gasteiger partial charge in [-0.05, 0) is 35.4 Å². The van der Waals surface area contributed by atoms with Crippen LogP contribution in [0.2, 0.25) is 0 Å². The number of ketones is 1. The van der Waals surface area contributed by atoms with Gasteiger partial charge in [-0.3, -0.25) is 4.79 Å². The summed E-state index contributed by atoms with van der Waals surface area (Å²) in [7, 11) is 0.